The molecule has 1 atom stereocenters. The van der Waals surface area contributed by atoms with Gasteiger partial charge in [0, 0.05) is 31.5 Å². The predicted octanol–water partition coefficient (Wildman–Crippen LogP) is 5.26. The highest BCUT2D eigenvalue weighted by molar-refractivity contribution is 5.96. The van der Waals surface area contributed by atoms with E-state index >= 15 is 0 Å². The summed E-state index contributed by atoms with van der Waals surface area (Å²) < 4.78 is 29.5. The fourth-order valence-corrected chi connectivity index (χ4v) is 6.30. The smallest absolute Gasteiger partial charge is 0.257 e. The maximum atomic E-state index is 14.0. The third-order valence-corrected chi connectivity index (χ3v) is 8.53. The molecule has 0 spiro atoms. The van der Waals surface area contributed by atoms with Gasteiger partial charge in [-0.05, 0) is 79.9 Å². The molecule has 2 amide bonds. The lowest BCUT2D eigenvalue weighted by Crippen LogP contribution is -2.34. The van der Waals surface area contributed by atoms with Crippen molar-refractivity contribution in [1.29, 1.82) is 0 Å². The van der Waals surface area contributed by atoms with Crippen LogP contribution in [0.1, 0.15) is 68.6 Å². The Bertz CT molecular complexity index is 1580. The van der Waals surface area contributed by atoms with Gasteiger partial charge in [-0.1, -0.05) is 36.4 Å². The molecule has 0 aliphatic carbocycles. The van der Waals surface area contributed by atoms with Gasteiger partial charge in [-0.25, -0.2) is 13.5 Å². The summed E-state index contributed by atoms with van der Waals surface area (Å²) in [5.74, 6) is -1.40. The van der Waals surface area contributed by atoms with Crippen molar-refractivity contribution in [2.45, 2.75) is 37.6 Å². The number of nitrogens with two attached hydrogens (primary N) is 1. The van der Waals surface area contributed by atoms with Gasteiger partial charge in [0.15, 0.2) is 0 Å². The predicted molar refractivity (Wildman–Crippen MR) is 155 cm³/mol. The molecule has 0 radical (unpaired) electrons. The van der Waals surface area contributed by atoms with Crippen LogP contribution in [-0.4, -0.2) is 57.6 Å². The Morgan fingerprint density at radius 1 is 0.857 bits per heavy atom. The number of aromatic nitrogens is 2. The Morgan fingerprint density at radius 3 is 2.29 bits per heavy atom. The topological polar surface area (TPSA) is 84.5 Å². The van der Waals surface area contributed by atoms with Crippen molar-refractivity contribution in [2.75, 3.05) is 26.2 Å². The van der Waals surface area contributed by atoms with Crippen molar-refractivity contribution in [3.05, 3.63) is 119 Å². The average molecular weight is 570 g/mol. The first-order valence-electron chi connectivity index (χ1n) is 14.4. The van der Waals surface area contributed by atoms with Crippen LogP contribution in [0.4, 0.5) is 8.78 Å². The third-order valence-electron chi connectivity index (χ3n) is 8.53. The first-order valence-corrected chi connectivity index (χ1v) is 14.4. The zero-order valence-corrected chi connectivity index (χ0v) is 23.3. The van der Waals surface area contributed by atoms with Gasteiger partial charge in [0.25, 0.3) is 11.8 Å². The summed E-state index contributed by atoms with van der Waals surface area (Å²) in [7, 11) is 0. The van der Waals surface area contributed by atoms with E-state index in [2.05, 4.69) is 22.1 Å². The number of carbonyl (C=O) groups excluding carboxylic acids is 2. The summed E-state index contributed by atoms with van der Waals surface area (Å²) >= 11 is 0. The quantitative estimate of drug-likeness (QED) is 0.329. The number of nitrogens with zero attached hydrogens (tertiary/aromatic N) is 4. The summed E-state index contributed by atoms with van der Waals surface area (Å²) in [6.45, 7) is 3.40. The lowest BCUT2D eigenvalue weighted by atomic mass is 9.90. The molecule has 6 rings (SSSR count). The number of rotatable bonds is 7. The van der Waals surface area contributed by atoms with E-state index in [1.54, 1.807) is 29.1 Å². The molecule has 0 saturated carbocycles. The normalized spacial score (nSPS) is 18.0. The molecule has 4 aromatic rings. The van der Waals surface area contributed by atoms with E-state index < -0.39 is 11.7 Å². The highest BCUT2D eigenvalue weighted by atomic mass is 19.1. The van der Waals surface area contributed by atoms with E-state index in [9.17, 15) is 18.4 Å². The van der Waals surface area contributed by atoms with Crippen molar-refractivity contribution in [3.8, 4) is 5.69 Å². The van der Waals surface area contributed by atoms with Crippen LogP contribution in [0.25, 0.3) is 5.69 Å². The monoisotopic (exact) mass is 569 g/mol. The van der Waals surface area contributed by atoms with Crippen LogP contribution < -0.4 is 5.73 Å². The number of amides is 2. The lowest BCUT2D eigenvalue weighted by Gasteiger charge is -2.33. The van der Waals surface area contributed by atoms with Crippen LogP contribution in [0, 0.1) is 11.6 Å². The number of primary amides is 1. The van der Waals surface area contributed by atoms with Gasteiger partial charge in [0.1, 0.15) is 11.6 Å². The zero-order valence-electron chi connectivity index (χ0n) is 23.3. The molecule has 2 fully saturated rings. The molecule has 216 valence electrons. The van der Waals surface area contributed by atoms with Crippen molar-refractivity contribution >= 4 is 11.8 Å². The molecule has 3 aromatic carbocycles. The summed E-state index contributed by atoms with van der Waals surface area (Å²) in [5, 5.41) is 4.64. The molecule has 0 unspecified atom stereocenters. The summed E-state index contributed by atoms with van der Waals surface area (Å²) in [5.41, 5.74) is 9.44. The van der Waals surface area contributed by atoms with E-state index in [4.69, 9.17) is 5.73 Å². The number of hydrogen-bond donors (Lipinski definition) is 1. The fraction of sp³-hybridized carbons (Fsp3) is 0.303. The minimum atomic E-state index is -0.785. The van der Waals surface area contributed by atoms with Gasteiger partial charge in [0.2, 0.25) is 0 Å². The van der Waals surface area contributed by atoms with Crippen LogP contribution in [0.2, 0.25) is 0 Å². The summed E-state index contributed by atoms with van der Waals surface area (Å²) in [6.07, 6.45) is 4.14. The van der Waals surface area contributed by atoms with Gasteiger partial charge >= 0.3 is 0 Å². The average Bonchev–Trinajstić information content (AvgIpc) is 3.68. The van der Waals surface area contributed by atoms with Gasteiger partial charge in [-0.3, -0.25) is 14.5 Å². The Balaban J connectivity index is 1.22. The number of halogens is 2. The van der Waals surface area contributed by atoms with Crippen LogP contribution in [0.3, 0.4) is 0 Å². The Labute approximate surface area is 243 Å². The van der Waals surface area contributed by atoms with E-state index in [1.807, 2.05) is 23.1 Å². The highest BCUT2D eigenvalue weighted by Gasteiger charge is 2.34. The fourth-order valence-electron chi connectivity index (χ4n) is 6.30. The van der Waals surface area contributed by atoms with E-state index in [0.717, 1.165) is 43.6 Å². The molecule has 2 aliphatic heterocycles. The van der Waals surface area contributed by atoms with E-state index in [-0.39, 0.29) is 23.2 Å². The molecule has 1 aromatic heterocycles. The minimum Gasteiger partial charge on any atom is -0.366 e. The second-order valence-corrected chi connectivity index (χ2v) is 11.2. The Morgan fingerprint density at radius 2 is 1.57 bits per heavy atom. The first kappa shape index (κ1) is 27.8. The molecular weight excluding hydrogens is 536 g/mol. The van der Waals surface area contributed by atoms with Gasteiger partial charge < -0.3 is 10.6 Å². The number of benzene rings is 3. The Hall–Kier alpha value is -4.37. The minimum absolute atomic E-state index is 0.0236. The number of piperidine rings is 1. The van der Waals surface area contributed by atoms with Crippen molar-refractivity contribution in [3.63, 3.8) is 0 Å². The zero-order chi connectivity index (χ0) is 29.2. The molecule has 2 aliphatic rings. The van der Waals surface area contributed by atoms with Crippen LogP contribution in [-0.2, 0) is 6.54 Å². The van der Waals surface area contributed by atoms with Crippen LogP contribution in [0.15, 0.2) is 79.0 Å². The molecule has 42 heavy (non-hydrogen) atoms. The molecular formula is C33H33F2N5O2. The maximum absolute atomic E-state index is 14.0. The number of likely N-dealkylation sites (tertiary alicyclic amines) is 2. The van der Waals surface area contributed by atoms with E-state index in [0.29, 0.717) is 36.8 Å². The molecule has 2 N–H and O–H groups in total. The van der Waals surface area contributed by atoms with Gasteiger partial charge in [-0.15, -0.1) is 0 Å². The first-order chi connectivity index (χ1) is 20.4. The third kappa shape index (κ3) is 5.69. The second-order valence-electron chi connectivity index (χ2n) is 11.2. The van der Waals surface area contributed by atoms with Crippen molar-refractivity contribution in [1.82, 2.24) is 19.6 Å². The van der Waals surface area contributed by atoms with Gasteiger partial charge in [-0.2, -0.15) is 5.10 Å². The van der Waals surface area contributed by atoms with Gasteiger partial charge in [0.05, 0.1) is 28.7 Å². The SMILES string of the molecule is NC(=O)c1cc(CN2CCC(c3c(C(=O)N4CC[C@H](c5ccccc5)C4)cnn3-c3ccc(F)cc3)CC2)ccc1F. The lowest BCUT2D eigenvalue weighted by molar-refractivity contribution is 0.0787. The number of carbonyl (C=O) groups is 2. The van der Waals surface area contributed by atoms with E-state index in [1.165, 1.54) is 29.8 Å². The summed E-state index contributed by atoms with van der Waals surface area (Å²) in [4.78, 5) is 29.7. The summed E-state index contributed by atoms with van der Waals surface area (Å²) in [6, 6.07) is 20.9. The van der Waals surface area contributed by atoms with Crippen LogP contribution >= 0.6 is 0 Å². The highest BCUT2D eigenvalue weighted by Crippen LogP contribution is 2.35. The molecule has 3 heterocycles. The largest absolute Gasteiger partial charge is 0.366 e. The molecule has 9 heteroatoms. The molecule has 7 nitrogen and oxygen atoms in total. The standard InChI is InChI=1S/C33H33F2N5O2/c34-26-7-9-27(10-8-26)40-31(24-12-15-38(16-13-24)20-22-6-11-30(35)28(18-22)32(36)41)29(19-37-40)33(42)39-17-14-25(21-39)23-4-2-1-3-5-23/h1-11,18-19,24-25H,12-17,20-21H2,(H2,36,41)/t25-/m0/s1. The maximum Gasteiger partial charge on any atom is 0.257 e. The van der Waals surface area contributed by atoms with Crippen molar-refractivity contribution in [2.24, 2.45) is 5.73 Å². The molecule has 0 bridgehead atoms. The number of hydrogen-bond acceptors (Lipinski definition) is 4. The molecule has 2 saturated heterocycles. The van der Waals surface area contributed by atoms with Crippen LogP contribution in [0.5, 0.6) is 0 Å². The second kappa shape index (κ2) is 11.9. The van der Waals surface area contributed by atoms with Crippen molar-refractivity contribution < 1.29 is 18.4 Å². The Kier molecular flexibility index (Phi) is 7.84.